The first-order valence-corrected chi connectivity index (χ1v) is 9.57. The Morgan fingerprint density at radius 3 is 2.42 bits per heavy atom. The third-order valence-corrected chi connectivity index (χ3v) is 6.15. The molecule has 5 nitrogen and oxygen atoms in total. The predicted molar refractivity (Wildman–Crippen MR) is 95.1 cm³/mol. The number of amides is 1. The molecule has 0 aromatic heterocycles. The number of morpholine rings is 1. The number of ether oxygens (including phenoxy) is 2. The van der Waals surface area contributed by atoms with Gasteiger partial charge in [0, 0.05) is 51.4 Å². The van der Waals surface area contributed by atoms with Crippen LogP contribution in [-0.2, 0) is 20.8 Å². The van der Waals surface area contributed by atoms with Gasteiger partial charge in [-0.1, -0.05) is 12.1 Å². The molecule has 6 heteroatoms. The van der Waals surface area contributed by atoms with E-state index in [1.54, 1.807) is 0 Å². The van der Waals surface area contributed by atoms with Crippen LogP contribution in [0.3, 0.4) is 0 Å². The Morgan fingerprint density at radius 1 is 1.08 bits per heavy atom. The minimum atomic E-state index is -0.212. The standard InChI is InChI=1S/C20H27FN2O3/c21-17-3-1-16(2-4-17)13-22-14-18(19(24)23-7-11-26-12-8-23)20(15-22)5-9-25-10-6-20/h1-4,18H,5-15H2/t18-/m1/s1. The van der Waals surface area contributed by atoms with Gasteiger partial charge < -0.3 is 14.4 Å². The smallest absolute Gasteiger partial charge is 0.227 e. The molecular weight excluding hydrogens is 335 g/mol. The summed E-state index contributed by atoms with van der Waals surface area (Å²) in [5.74, 6) is 0.0817. The summed E-state index contributed by atoms with van der Waals surface area (Å²) in [4.78, 5) is 17.6. The van der Waals surface area contributed by atoms with E-state index in [1.165, 1.54) is 12.1 Å². The molecule has 0 radical (unpaired) electrons. The number of benzene rings is 1. The van der Waals surface area contributed by atoms with E-state index < -0.39 is 0 Å². The lowest BCUT2D eigenvalue weighted by molar-refractivity contribution is -0.144. The first-order valence-electron chi connectivity index (χ1n) is 9.57. The van der Waals surface area contributed by atoms with Gasteiger partial charge in [-0.25, -0.2) is 4.39 Å². The van der Waals surface area contributed by atoms with Crippen LogP contribution in [-0.4, -0.2) is 68.3 Å². The molecule has 4 rings (SSSR count). The van der Waals surface area contributed by atoms with Crippen molar-refractivity contribution < 1.29 is 18.7 Å². The maximum atomic E-state index is 13.3. The van der Waals surface area contributed by atoms with E-state index in [4.69, 9.17) is 9.47 Å². The molecule has 26 heavy (non-hydrogen) atoms. The van der Waals surface area contributed by atoms with Crippen LogP contribution in [0.4, 0.5) is 4.39 Å². The van der Waals surface area contributed by atoms with Crippen molar-refractivity contribution in [3.8, 4) is 0 Å². The molecule has 0 N–H and O–H groups in total. The summed E-state index contributed by atoms with van der Waals surface area (Å²) in [7, 11) is 0. The Kier molecular flexibility index (Phi) is 5.25. The van der Waals surface area contributed by atoms with Gasteiger partial charge in [-0.15, -0.1) is 0 Å². The number of likely N-dealkylation sites (tertiary alicyclic amines) is 1. The topological polar surface area (TPSA) is 42.0 Å². The Balaban J connectivity index is 1.50. The van der Waals surface area contributed by atoms with E-state index in [1.807, 2.05) is 17.0 Å². The lowest BCUT2D eigenvalue weighted by atomic mass is 9.71. The average Bonchev–Trinajstić information content (AvgIpc) is 3.01. The van der Waals surface area contributed by atoms with Crippen molar-refractivity contribution in [3.05, 3.63) is 35.6 Å². The van der Waals surface area contributed by atoms with E-state index in [2.05, 4.69) is 4.90 Å². The molecule has 0 bridgehead atoms. The second-order valence-corrected chi connectivity index (χ2v) is 7.76. The second-order valence-electron chi connectivity index (χ2n) is 7.76. The summed E-state index contributed by atoms with van der Waals surface area (Å²) in [6.45, 7) is 6.56. The fourth-order valence-corrected chi connectivity index (χ4v) is 4.67. The molecule has 142 valence electrons. The lowest BCUT2D eigenvalue weighted by Gasteiger charge is -2.40. The lowest BCUT2D eigenvalue weighted by Crippen LogP contribution is -2.49. The number of nitrogens with zero attached hydrogens (tertiary/aromatic N) is 2. The van der Waals surface area contributed by atoms with E-state index in [-0.39, 0.29) is 23.1 Å². The molecule has 3 fully saturated rings. The van der Waals surface area contributed by atoms with Gasteiger partial charge in [0.05, 0.1) is 19.1 Å². The van der Waals surface area contributed by atoms with Gasteiger partial charge in [0.15, 0.2) is 0 Å². The number of halogens is 1. The molecule has 3 heterocycles. The largest absolute Gasteiger partial charge is 0.381 e. The first kappa shape index (κ1) is 17.9. The van der Waals surface area contributed by atoms with Crippen LogP contribution in [0.15, 0.2) is 24.3 Å². The predicted octanol–water partition coefficient (Wildman–Crippen LogP) is 1.91. The van der Waals surface area contributed by atoms with E-state index >= 15 is 0 Å². The maximum Gasteiger partial charge on any atom is 0.227 e. The van der Waals surface area contributed by atoms with Crippen molar-refractivity contribution in [2.75, 3.05) is 52.6 Å². The molecule has 3 aliphatic rings. The number of carbonyl (C=O) groups is 1. The summed E-state index contributed by atoms with van der Waals surface area (Å²) >= 11 is 0. The quantitative estimate of drug-likeness (QED) is 0.824. The van der Waals surface area contributed by atoms with Gasteiger partial charge in [-0.05, 0) is 30.5 Å². The zero-order chi connectivity index (χ0) is 18.0. The first-order chi connectivity index (χ1) is 12.7. The summed E-state index contributed by atoms with van der Waals surface area (Å²) < 4.78 is 24.2. The Morgan fingerprint density at radius 2 is 1.73 bits per heavy atom. The highest BCUT2D eigenvalue weighted by atomic mass is 19.1. The normalized spacial score (nSPS) is 26.3. The molecule has 1 amide bonds. The Bertz CT molecular complexity index is 624. The van der Waals surface area contributed by atoms with Crippen molar-refractivity contribution >= 4 is 5.91 Å². The second kappa shape index (κ2) is 7.62. The molecule has 0 aliphatic carbocycles. The molecule has 0 saturated carbocycles. The maximum absolute atomic E-state index is 13.3. The van der Waals surface area contributed by atoms with E-state index in [0.29, 0.717) is 26.3 Å². The average molecular weight is 362 g/mol. The molecule has 3 saturated heterocycles. The van der Waals surface area contributed by atoms with Crippen LogP contribution in [0.2, 0.25) is 0 Å². The van der Waals surface area contributed by atoms with Gasteiger partial charge in [-0.2, -0.15) is 0 Å². The summed E-state index contributed by atoms with van der Waals surface area (Å²) in [5.41, 5.74) is 1.10. The third kappa shape index (κ3) is 3.63. The van der Waals surface area contributed by atoms with Crippen LogP contribution >= 0.6 is 0 Å². The van der Waals surface area contributed by atoms with Crippen molar-refractivity contribution in [2.24, 2.45) is 11.3 Å². The highest BCUT2D eigenvalue weighted by Crippen LogP contribution is 2.45. The zero-order valence-corrected chi connectivity index (χ0v) is 15.2. The number of hydrogen-bond donors (Lipinski definition) is 0. The molecular formula is C20H27FN2O3. The van der Waals surface area contributed by atoms with Crippen molar-refractivity contribution in [1.82, 2.24) is 9.80 Å². The number of hydrogen-bond acceptors (Lipinski definition) is 4. The van der Waals surface area contributed by atoms with Crippen LogP contribution in [0.25, 0.3) is 0 Å². The van der Waals surface area contributed by atoms with Gasteiger partial charge in [0.1, 0.15) is 5.82 Å². The fraction of sp³-hybridized carbons (Fsp3) is 0.650. The molecule has 1 aromatic carbocycles. The zero-order valence-electron chi connectivity index (χ0n) is 15.2. The molecule has 1 aromatic rings. The van der Waals surface area contributed by atoms with Crippen LogP contribution in [0.5, 0.6) is 0 Å². The minimum absolute atomic E-state index is 0.00761. The molecule has 3 aliphatic heterocycles. The molecule has 0 unspecified atom stereocenters. The van der Waals surface area contributed by atoms with Gasteiger partial charge in [0.2, 0.25) is 5.91 Å². The van der Waals surface area contributed by atoms with E-state index in [9.17, 15) is 9.18 Å². The van der Waals surface area contributed by atoms with Crippen molar-refractivity contribution in [2.45, 2.75) is 19.4 Å². The van der Waals surface area contributed by atoms with Crippen molar-refractivity contribution in [3.63, 3.8) is 0 Å². The van der Waals surface area contributed by atoms with Crippen LogP contribution in [0, 0.1) is 17.2 Å². The highest BCUT2D eigenvalue weighted by Gasteiger charge is 2.51. The number of rotatable bonds is 3. The minimum Gasteiger partial charge on any atom is -0.381 e. The third-order valence-electron chi connectivity index (χ3n) is 6.15. The Hall–Kier alpha value is -1.50. The monoisotopic (exact) mass is 362 g/mol. The van der Waals surface area contributed by atoms with Gasteiger partial charge >= 0.3 is 0 Å². The van der Waals surface area contributed by atoms with Gasteiger partial charge in [-0.3, -0.25) is 9.69 Å². The Labute approximate surface area is 154 Å². The summed E-state index contributed by atoms with van der Waals surface area (Å²) in [6, 6.07) is 6.68. The fourth-order valence-electron chi connectivity index (χ4n) is 4.67. The SMILES string of the molecule is O=C([C@H]1CN(Cc2ccc(F)cc2)CC12CCOCC2)N1CCOCC1. The van der Waals surface area contributed by atoms with Gasteiger partial charge in [0.25, 0.3) is 0 Å². The summed E-state index contributed by atoms with van der Waals surface area (Å²) in [5, 5.41) is 0. The molecule has 1 spiro atoms. The highest BCUT2D eigenvalue weighted by molar-refractivity contribution is 5.80. The summed E-state index contributed by atoms with van der Waals surface area (Å²) in [6.07, 6.45) is 1.88. The van der Waals surface area contributed by atoms with Crippen molar-refractivity contribution in [1.29, 1.82) is 0 Å². The van der Waals surface area contributed by atoms with E-state index in [0.717, 1.165) is 51.3 Å². The number of carbonyl (C=O) groups excluding carboxylic acids is 1. The van der Waals surface area contributed by atoms with Crippen LogP contribution < -0.4 is 0 Å². The molecule has 1 atom stereocenters. The van der Waals surface area contributed by atoms with Crippen LogP contribution in [0.1, 0.15) is 18.4 Å².